The van der Waals surface area contributed by atoms with Crippen LogP contribution in [-0.4, -0.2) is 31.4 Å². The maximum Gasteiger partial charge on any atom is 0.314 e. The average molecular weight is 313 g/mol. The maximum absolute atomic E-state index is 11.9. The maximum atomic E-state index is 11.9. The topological polar surface area (TPSA) is 65.0 Å². The van der Waals surface area contributed by atoms with Gasteiger partial charge in [0, 0.05) is 5.56 Å². The molecule has 0 atom stereocenters. The second kappa shape index (κ2) is 5.30. The van der Waals surface area contributed by atoms with E-state index in [1.807, 2.05) is 0 Å². The third-order valence-electron chi connectivity index (χ3n) is 4.32. The lowest BCUT2D eigenvalue weighted by Gasteiger charge is -2.29. The van der Waals surface area contributed by atoms with Crippen LogP contribution in [0.25, 0.3) is 0 Å². The van der Waals surface area contributed by atoms with Gasteiger partial charge in [-0.2, -0.15) is 0 Å². The molecule has 1 aromatic rings. The monoisotopic (exact) mass is 312 g/mol. The van der Waals surface area contributed by atoms with Crippen LogP contribution >= 0.6 is 11.6 Å². The number of carboxylic acids is 1. The van der Waals surface area contributed by atoms with Gasteiger partial charge in [-0.1, -0.05) is 24.4 Å². The minimum absolute atomic E-state index is 0.289. The molecule has 1 aliphatic carbocycles. The van der Waals surface area contributed by atoms with E-state index in [9.17, 15) is 9.90 Å². The summed E-state index contributed by atoms with van der Waals surface area (Å²) < 4.78 is 16.5. The SMILES string of the molecule is COc1c(C2(C(=O)O)CCCC2)cc2c(c1Cl)OCCO2. The molecule has 3 rings (SSSR count). The number of halogens is 1. The molecule has 0 aromatic heterocycles. The van der Waals surface area contributed by atoms with Gasteiger partial charge < -0.3 is 19.3 Å². The van der Waals surface area contributed by atoms with E-state index >= 15 is 0 Å². The number of ether oxygens (including phenoxy) is 3. The Bertz CT molecular complexity index is 578. The van der Waals surface area contributed by atoms with Crippen molar-refractivity contribution in [2.24, 2.45) is 0 Å². The van der Waals surface area contributed by atoms with Crippen molar-refractivity contribution in [3.63, 3.8) is 0 Å². The zero-order valence-corrected chi connectivity index (χ0v) is 12.5. The normalized spacial score (nSPS) is 19.3. The summed E-state index contributed by atoms with van der Waals surface area (Å²) in [6, 6.07) is 1.72. The van der Waals surface area contributed by atoms with Gasteiger partial charge in [-0.25, -0.2) is 0 Å². The van der Waals surface area contributed by atoms with Crippen molar-refractivity contribution < 1.29 is 24.1 Å². The van der Waals surface area contributed by atoms with Gasteiger partial charge in [0.25, 0.3) is 0 Å². The first-order chi connectivity index (χ1) is 10.1. The lowest BCUT2D eigenvalue weighted by atomic mass is 9.78. The quantitative estimate of drug-likeness (QED) is 0.929. The van der Waals surface area contributed by atoms with Crippen LogP contribution in [0.2, 0.25) is 5.02 Å². The molecule has 1 fully saturated rings. The van der Waals surface area contributed by atoms with E-state index in [-0.39, 0.29) is 5.02 Å². The van der Waals surface area contributed by atoms with Crippen molar-refractivity contribution >= 4 is 17.6 Å². The Hall–Kier alpha value is -1.62. The average Bonchev–Trinajstić information content (AvgIpc) is 2.98. The van der Waals surface area contributed by atoms with E-state index < -0.39 is 11.4 Å². The summed E-state index contributed by atoms with van der Waals surface area (Å²) in [5.74, 6) is 0.466. The third-order valence-corrected chi connectivity index (χ3v) is 4.66. The summed E-state index contributed by atoms with van der Waals surface area (Å²) in [5.41, 5.74) is -0.366. The Morgan fingerprint density at radius 1 is 1.33 bits per heavy atom. The number of aliphatic carboxylic acids is 1. The van der Waals surface area contributed by atoms with Crippen LogP contribution in [-0.2, 0) is 10.2 Å². The van der Waals surface area contributed by atoms with Crippen molar-refractivity contribution in [1.82, 2.24) is 0 Å². The predicted octanol–water partition coefficient (Wildman–Crippen LogP) is 3.02. The molecule has 0 bridgehead atoms. The van der Waals surface area contributed by atoms with E-state index in [2.05, 4.69) is 0 Å². The van der Waals surface area contributed by atoms with Crippen LogP contribution in [0.3, 0.4) is 0 Å². The number of carbonyl (C=O) groups is 1. The molecule has 5 nitrogen and oxygen atoms in total. The summed E-state index contributed by atoms with van der Waals surface area (Å²) >= 11 is 6.35. The number of rotatable bonds is 3. The number of hydrogen-bond acceptors (Lipinski definition) is 4. The molecular formula is C15H17ClO5. The number of methoxy groups -OCH3 is 1. The van der Waals surface area contributed by atoms with Crippen molar-refractivity contribution in [3.8, 4) is 17.2 Å². The number of fused-ring (bicyclic) bond motifs is 1. The number of carboxylic acid groups (broad SMARTS) is 1. The van der Waals surface area contributed by atoms with Gasteiger partial charge in [0.1, 0.15) is 24.0 Å². The van der Waals surface area contributed by atoms with Gasteiger partial charge in [0.05, 0.1) is 12.5 Å². The van der Waals surface area contributed by atoms with Crippen molar-refractivity contribution in [2.75, 3.05) is 20.3 Å². The Balaban J connectivity index is 2.21. The molecule has 0 amide bonds. The van der Waals surface area contributed by atoms with Gasteiger partial charge in [0.2, 0.25) is 0 Å². The molecule has 2 aliphatic rings. The zero-order chi connectivity index (χ0) is 15.0. The molecule has 0 saturated heterocycles. The molecule has 1 heterocycles. The largest absolute Gasteiger partial charge is 0.495 e. The lowest BCUT2D eigenvalue weighted by molar-refractivity contribution is -0.143. The molecule has 0 radical (unpaired) electrons. The summed E-state index contributed by atoms with van der Waals surface area (Å²) in [4.78, 5) is 11.9. The van der Waals surface area contributed by atoms with E-state index in [0.29, 0.717) is 48.9 Å². The second-order valence-corrected chi connectivity index (χ2v) is 5.77. The molecule has 1 aromatic carbocycles. The highest BCUT2D eigenvalue weighted by Gasteiger charge is 2.46. The van der Waals surface area contributed by atoms with E-state index in [1.54, 1.807) is 6.07 Å². The summed E-state index contributed by atoms with van der Waals surface area (Å²) in [5, 5.41) is 10.1. The highest BCUT2D eigenvalue weighted by molar-refractivity contribution is 6.34. The third kappa shape index (κ3) is 2.11. The fraction of sp³-hybridized carbons (Fsp3) is 0.533. The smallest absolute Gasteiger partial charge is 0.314 e. The van der Waals surface area contributed by atoms with Crippen LogP contribution < -0.4 is 14.2 Å². The molecule has 6 heteroatoms. The fourth-order valence-electron chi connectivity index (χ4n) is 3.26. The van der Waals surface area contributed by atoms with Gasteiger partial charge in [-0.3, -0.25) is 4.79 Å². The minimum atomic E-state index is -0.954. The van der Waals surface area contributed by atoms with Crippen LogP contribution in [0.4, 0.5) is 0 Å². The first-order valence-corrected chi connectivity index (χ1v) is 7.38. The van der Waals surface area contributed by atoms with E-state index in [0.717, 1.165) is 12.8 Å². The summed E-state index contributed by atoms with van der Waals surface area (Å²) in [6.07, 6.45) is 2.91. The Labute approximate surface area is 127 Å². The van der Waals surface area contributed by atoms with Crippen LogP contribution in [0.15, 0.2) is 6.07 Å². The van der Waals surface area contributed by atoms with Crippen molar-refractivity contribution in [2.45, 2.75) is 31.1 Å². The van der Waals surface area contributed by atoms with E-state index in [4.69, 9.17) is 25.8 Å². The Morgan fingerprint density at radius 3 is 2.62 bits per heavy atom. The van der Waals surface area contributed by atoms with Crippen LogP contribution in [0.1, 0.15) is 31.2 Å². The first-order valence-electron chi connectivity index (χ1n) is 7.00. The molecule has 0 unspecified atom stereocenters. The Kier molecular flexibility index (Phi) is 3.61. The van der Waals surface area contributed by atoms with E-state index in [1.165, 1.54) is 7.11 Å². The van der Waals surface area contributed by atoms with Gasteiger partial charge >= 0.3 is 5.97 Å². The molecule has 114 valence electrons. The number of benzene rings is 1. The van der Waals surface area contributed by atoms with Crippen molar-refractivity contribution in [3.05, 3.63) is 16.7 Å². The molecular weight excluding hydrogens is 296 g/mol. The molecule has 1 saturated carbocycles. The summed E-state index contributed by atoms with van der Waals surface area (Å²) in [7, 11) is 1.49. The molecule has 1 aliphatic heterocycles. The fourth-order valence-corrected chi connectivity index (χ4v) is 3.59. The minimum Gasteiger partial charge on any atom is -0.495 e. The molecule has 21 heavy (non-hydrogen) atoms. The number of hydrogen-bond donors (Lipinski definition) is 1. The Morgan fingerprint density at radius 2 is 2.00 bits per heavy atom. The lowest BCUT2D eigenvalue weighted by Crippen LogP contribution is -2.33. The van der Waals surface area contributed by atoms with Gasteiger partial charge in [-0.05, 0) is 18.9 Å². The zero-order valence-electron chi connectivity index (χ0n) is 11.8. The molecule has 1 N–H and O–H groups in total. The predicted molar refractivity (Wildman–Crippen MR) is 76.8 cm³/mol. The highest BCUT2D eigenvalue weighted by atomic mass is 35.5. The van der Waals surface area contributed by atoms with Gasteiger partial charge in [-0.15, -0.1) is 0 Å². The van der Waals surface area contributed by atoms with Crippen LogP contribution in [0.5, 0.6) is 17.2 Å². The highest BCUT2D eigenvalue weighted by Crippen LogP contribution is 2.52. The first kappa shape index (κ1) is 14.3. The standard InChI is InChI=1S/C15H17ClO5/c1-19-12-9(15(14(17)18)4-2-3-5-15)8-10-13(11(12)16)21-7-6-20-10/h8H,2-7H2,1H3,(H,17,18). The van der Waals surface area contributed by atoms with Crippen molar-refractivity contribution in [1.29, 1.82) is 0 Å². The summed E-state index contributed by atoms with van der Waals surface area (Å²) in [6.45, 7) is 0.842. The second-order valence-electron chi connectivity index (χ2n) is 5.39. The van der Waals surface area contributed by atoms with Crippen LogP contribution in [0, 0.1) is 0 Å². The molecule has 0 spiro atoms. The van der Waals surface area contributed by atoms with Gasteiger partial charge in [0.15, 0.2) is 11.5 Å².